The minimum atomic E-state index is 0.0301. The second-order valence-corrected chi connectivity index (χ2v) is 5.99. The van der Waals surface area contributed by atoms with Gasteiger partial charge in [-0.15, -0.1) is 0 Å². The van der Waals surface area contributed by atoms with Crippen LogP contribution in [-0.2, 0) is 0 Å². The van der Waals surface area contributed by atoms with Gasteiger partial charge in [-0.3, -0.25) is 4.79 Å². The van der Waals surface area contributed by atoms with E-state index in [1.54, 1.807) is 18.2 Å². The number of carbonyl (C=O) groups excluding carboxylic acids is 1. The van der Waals surface area contributed by atoms with Crippen molar-refractivity contribution in [2.75, 3.05) is 12.8 Å². The van der Waals surface area contributed by atoms with Gasteiger partial charge in [0.1, 0.15) is 0 Å². The summed E-state index contributed by atoms with van der Waals surface area (Å²) >= 11 is 5.88. The minimum absolute atomic E-state index is 0.0301. The second kappa shape index (κ2) is 5.83. The molecular weight excluding hydrogens is 260 g/mol. The smallest absolute Gasteiger partial charge is 0.253 e. The fourth-order valence-electron chi connectivity index (χ4n) is 2.80. The molecule has 1 aromatic rings. The van der Waals surface area contributed by atoms with Crippen molar-refractivity contribution in [1.82, 2.24) is 4.90 Å². The summed E-state index contributed by atoms with van der Waals surface area (Å²) in [7, 11) is 1.88. The molecule has 2 atom stereocenters. The van der Waals surface area contributed by atoms with Crippen molar-refractivity contribution >= 4 is 23.2 Å². The fraction of sp³-hybridized carbons (Fsp3) is 0.533. The van der Waals surface area contributed by atoms with Gasteiger partial charge in [-0.05, 0) is 37.0 Å². The quantitative estimate of drug-likeness (QED) is 0.842. The maximum absolute atomic E-state index is 12.4. The lowest BCUT2D eigenvalue weighted by molar-refractivity contribution is 0.0672. The first-order valence-electron chi connectivity index (χ1n) is 6.81. The van der Waals surface area contributed by atoms with E-state index >= 15 is 0 Å². The normalized spacial score (nSPS) is 23.1. The lowest BCUT2D eigenvalue weighted by Crippen LogP contribution is -2.39. The van der Waals surface area contributed by atoms with Crippen LogP contribution >= 0.6 is 11.6 Å². The molecule has 1 amide bonds. The monoisotopic (exact) mass is 280 g/mol. The summed E-state index contributed by atoms with van der Waals surface area (Å²) in [6, 6.07) is 5.42. The second-order valence-electron chi connectivity index (χ2n) is 5.58. The molecule has 1 fully saturated rings. The molecule has 0 radical (unpaired) electrons. The highest BCUT2D eigenvalue weighted by atomic mass is 35.5. The Morgan fingerprint density at radius 3 is 2.79 bits per heavy atom. The predicted octanol–water partition coefficient (Wildman–Crippen LogP) is 3.57. The summed E-state index contributed by atoms with van der Waals surface area (Å²) < 4.78 is 0. The Morgan fingerprint density at radius 2 is 2.16 bits per heavy atom. The van der Waals surface area contributed by atoms with Crippen molar-refractivity contribution in [3.05, 3.63) is 28.8 Å². The van der Waals surface area contributed by atoms with Crippen LogP contribution in [0.15, 0.2) is 18.2 Å². The van der Waals surface area contributed by atoms with Gasteiger partial charge in [0.15, 0.2) is 0 Å². The van der Waals surface area contributed by atoms with Gasteiger partial charge in [0, 0.05) is 18.7 Å². The van der Waals surface area contributed by atoms with E-state index in [2.05, 4.69) is 6.92 Å². The van der Waals surface area contributed by atoms with E-state index in [0.29, 0.717) is 28.2 Å². The molecule has 2 unspecified atom stereocenters. The Balaban J connectivity index is 2.11. The van der Waals surface area contributed by atoms with Gasteiger partial charge in [0.05, 0.1) is 10.7 Å². The summed E-state index contributed by atoms with van der Waals surface area (Å²) in [5.74, 6) is 0.728. The minimum Gasteiger partial charge on any atom is -0.398 e. The van der Waals surface area contributed by atoms with Crippen molar-refractivity contribution in [2.45, 2.75) is 38.6 Å². The molecule has 0 saturated heterocycles. The van der Waals surface area contributed by atoms with Crippen molar-refractivity contribution in [3.63, 3.8) is 0 Å². The maximum Gasteiger partial charge on any atom is 0.253 e. The highest BCUT2D eigenvalue weighted by Gasteiger charge is 2.26. The van der Waals surface area contributed by atoms with Gasteiger partial charge < -0.3 is 10.6 Å². The lowest BCUT2D eigenvalue weighted by Gasteiger charge is -2.34. The van der Waals surface area contributed by atoms with Crippen molar-refractivity contribution in [2.24, 2.45) is 5.92 Å². The molecule has 1 aromatic carbocycles. The average molecular weight is 281 g/mol. The number of benzene rings is 1. The molecule has 1 saturated carbocycles. The van der Waals surface area contributed by atoms with Crippen LogP contribution in [0.3, 0.4) is 0 Å². The molecule has 2 N–H and O–H groups in total. The van der Waals surface area contributed by atoms with Crippen LogP contribution in [0.1, 0.15) is 43.0 Å². The lowest BCUT2D eigenvalue weighted by atomic mass is 9.86. The third-order valence-electron chi connectivity index (χ3n) is 4.02. The third-order valence-corrected chi connectivity index (χ3v) is 4.36. The van der Waals surface area contributed by atoms with Crippen LogP contribution in [0.5, 0.6) is 0 Å². The molecule has 2 rings (SSSR count). The molecule has 19 heavy (non-hydrogen) atoms. The van der Waals surface area contributed by atoms with Gasteiger partial charge in [-0.1, -0.05) is 31.4 Å². The highest BCUT2D eigenvalue weighted by Crippen LogP contribution is 2.28. The molecule has 0 bridgehead atoms. The van der Waals surface area contributed by atoms with E-state index in [9.17, 15) is 4.79 Å². The number of hydrogen-bond acceptors (Lipinski definition) is 2. The van der Waals surface area contributed by atoms with Crippen LogP contribution in [-0.4, -0.2) is 23.9 Å². The van der Waals surface area contributed by atoms with E-state index in [-0.39, 0.29) is 5.91 Å². The summed E-state index contributed by atoms with van der Waals surface area (Å²) in [5.41, 5.74) is 6.83. The van der Waals surface area contributed by atoms with Crippen LogP contribution in [0.2, 0.25) is 5.02 Å². The SMILES string of the molecule is CC1CCCC(N(C)C(=O)c2ccc(Cl)c(N)c2)C1. The Morgan fingerprint density at radius 1 is 1.42 bits per heavy atom. The van der Waals surface area contributed by atoms with Crippen molar-refractivity contribution < 1.29 is 4.79 Å². The Hall–Kier alpha value is -1.22. The maximum atomic E-state index is 12.4. The number of nitrogens with two attached hydrogens (primary N) is 1. The Kier molecular flexibility index (Phi) is 4.35. The van der Waals surface area contributed by atoms with E-state index in [1.165, 1.54) is 12.8 Å². The number of halogens is 1. The number of anilines is 1. The number of hydrogen-bond donors (Lipinski definition) is 1. The van der Waals surface area contributed by atoms with Gasteiger partial charge in [-0.25, -0.2) is 0 Å². The fourth-order valence-corrected chi connectivity index (χ4v) is 2.92. The Bertz CT molecular complexity index is 475. The first-order chi connectivity index (χ1) is 8.99. The summed E-state index contributed by atoms with van der Waals surface area (Å²) in [4.78, 5) is 14.3. The number of nitrogen functional groups attached to an aromatic ring is 1. The average Bonchev–Trinajstić information content (AvgIpc) is 2.40. The molecule has 3 nitrogen and oxygen atoms in total. The van der Waals surface area contributed by atoms with Gasteiger partial charge in [-0.2, -0.15) is 0 Å². The van der Waals surface area contributed by atoms with Crippen LogP contribution in [0.4, 0.5) is 5.69 Å². The molecule has 1 aliphatic rings. The van der Waals surface area contributed by atoms with Crippen molar-refractivity contribution in [1.29, 1.82) is 0 Å². The van der Waals surface area contributed by atoms with Crippen LogP contribution in [0, 0.1) is 5.92 Å². The number of carbonyl (C=O) groups is 1. The molecule has 0 spiro atoms. The molecule has 0 aliphatic heterocycles. The summed E-state index contributed by atoms with van der Waals surface area (Å²) in [6.45, 7) is 2.25. The number of amides is 1. The van der Waals surface area contributed by atoms with Gasteiger partial charge in [0.2, 0.25) is 0 Å². The topological polar surface area (TPSA) is 46.3 Å². The van der Waals surface area contributed by atoms with E-state index in [1.807, 2.05) is 11.9 Å². The zero-order valence-electron chi connectivity index (χ0n) is 11.5. The molecule has 4 heteroatoms. The molecule has 0 aromatic heterocycles. The number of rotatable bonds is 2. The van der Waals surface area contributed by atoms with Gasteiger partial charge in [0.25, 0.3) is 5.91 Å². The standard InChI is InChI=1S/C15H21ClN2O/c1-10-4-3-5-12(8-10)18(2)15(19)11-6-7-13(16)14(17)9-11/h6-7,9-10,12H,3-5,8,17H2,1-2H3. The van der Waals surface area contributed by atoms with E-state index in [4.69, 9.17) is 17.3 Å². The molecule has 104 valence electrons. The predicted molar refractivity (Wildman–Crippen MR) is 79.4 cm³/mol. The molecule has 0 heterocycles. The van der Waals surface area contributed by atoms with Crippen LogP contribution in [0.25, 0.3) is 0 Å². The molecule has 1 aliphatic carbocycles. The summed E-state index contributed by atoms with van der Waals surface area (Å²) in [5, 5.41) is 0.491. The van der Waals surface area contributed by atoms with Crippen LogP contribution < -0.4 is 5.73 Å². The Labute approximate surface area is 119 Å². The largest absolute Gasteiger partial charge is 0.398 e. The van der Waals surface area contributed by atoms with E-state index in [0.717, 1.165) is 12.8 Å². The first kappa shape index (κ1) is 14.2. The number of nitrogens with zero attached hydrogens (tertiary/aromatic N) is 1. The third kappa shape index (κ3) is 3.21. The van der Waals surface area contributed by atoms with Gasteiger partial charge >= 0.3 is 0 Å². The summed E-state index contributed by atoms with van der Waals surface area (Å²) in [6.07, 6.45) is 4.65. The zero-order valence-corrected chi connectivity index (χ0v) is 12.3. The highest BCUT2D eigenvalue weighted by molar-refractivity contribution is 6.33. The first-order valence-corrected chi connectivity index (χ1v) is 7.19. The van der Waals surface area contributed by atoms with E-state index < -0.39 is 0 Å². The van der Waals surface area contributed by atoms with Crippen molar-refractivity contribution in [3.8, 4) is 0 Å². The molecular formula is C15H21ClN2O. The zero-order chi connectivity index (χ0) is 14.0.